The van der Waals surface area contributed by atoms with Crippen LogP contribution in [-0.4, -0.2) is 9.97 Å². The lowest BCUT2D eigenvalue weighted by Gasteiger charge is -2.23. The third-order valence-electron chi connectivity index (χ3n) is 7.10. The summed E-state index contributed by atoms with van der Waals surface area (Å²) in [5, 5.41) is 0. The highest BCUT2D eigenvalue weighted by Crippen LogP contribution is 2.29. The first-order valence-corrected chi connectivity index (χ1v) is 13.6. The summed E-state index contributed by atoms with van der Waals surface area (Å²) >= 11 is 0. The van der Waals surface area contributed by atoms with Crippen LogP contribution in [-0.2, 0) is 16.2 Å². The maximum Gasteiger partial charge on any atom is 0.0407 e. The zero-order valence-electron chi connectivity index (χ0n) is 26.9. The van der Waals surface area contributed by atoms with Crippen LogP contribution in [0.4, 0.5) is 0 Å². The summed E-state index contributed by atoms with van der Waals surface area (Å²) in [5.41, 5.74) is 13.9. The summed E-state index contributed by atoms with van der Waals surface area (Å²) in [5.74, 6) is 0. The fourth-order valence-electron chi connectivity index (χ4n) is 4.35. The van der Waals surface area contributed by atoms with Crippen molar-refractivity contribution in [3.63, 3.8) is 0 Å². The Morgan fingerprint density at radius 3 is 1.49 bits per heavy atom. The van der Waals surface area contributed by atoms with Gasteiger partial charge in [-0.15, -0.1) is 0 Å². The topological polar surface area (TPSA) is 25.8 Å². The number of pyridine rings is 2. The molecule has 3 aromatic rings. The average Bonchev–Trinajstić information content (AvgIpc) is 2.73. The Morgan fingerprint density at radius 2 is 1.05 bits per heavy atom. The maximum atomic E-state index is 4.45. The van der Waals surface area contributed by atoms with E-state index in [-0.39, 0.29) is 16.2 Å². The van der Waals surface area contributed by atoms with E-state index in [1.165, 1.54) is 38.9 Å². The molecule has 0 bridgehead atoms. The fraction of sp³-hybridized carbons (Fsp3) is 0.543. The second kappa shape index (κ2) is 12.4. The first-order chi connectivity index (χ1) is 16.7. The average molecular weight is 503 g/mol. The van der Waals surface area contributed by atoms with Crippen LogP contribution in [0.3, 0.4) is 0 Å². The van der Waals surface area contributed by atoms with Gasteiger partial charge in [-0.05, 0) is 116 Å². The van der Waals surface area contributed by atoms with Gasteiger partial charge in [-0.1, -0.05) is 80.5 Å². The molecule has 0 saturated heterocycles. The Hall–Kier alpha value is -2.48. The van der Waals surface area contributed by atoms with Crippen molar-refractivity contribution in [3.05, 3.63) is 92.6 Å². The zero-order valence-corrected chi connectivity index (χ0v) is 26.9. The second-order valence-corrected chi connectivity index (χ2v) is 13.6. The van der Waals surface area contributed by atoms with Crippen LogP contribution in [0.1, 0.15) is 118 Å². The van der Waals surface area contributed by atoms with Gasteiger partial charge in [0.15, 0.2) is 0 Å². The Balaban J connectivity index is 0.000000279. The summed E-state index contributed by atoms with van der Waals surface area (Å²) < 4.78 is 0. The van der Waals surface area contributed by atoms with E-state index in [1.54, 1.807) is 0 Å². The van der Waals surface area contributed by atoms with Crippen LogP contribution in [0.5, 0.6) is 0 Å². The standard InChI is InChI=1S/C13H20.C12H19N.C10H15N/c1-9-7-8-12(13(4,5)6)11(3)10(9)2;1-8-7-11(12(4,5)6)9(2)10(3)13-8;1-8-5-6-9(7-11-8)10(2,3)4/h7-8H,1-6H3;7H,1-6H3;5-7H,1-4H3. The van der Waals surface area contributed by atoms with E-state index < -0.39 is 0 Å². The lowest BCUT2D eigenvalue weighted by atomic mass is 9.82. The van der Waals surface area contributed by atoms with Crippen molar-refractivity contribution in [2.24, 2.45) is 0 Å². The van der Waals surface area contributed by atoms with Gasteiger partial charge in [-0.3, -0.25) is 9.97 Å². The highest BCUT2D eigenvalue weighted by atomic mass is 14.7. The van der Waals surface area contributed by atoms with Crippen molar-refractivity contribution < 1.29 is 0 Å². The molecule has 0 unspecified atom stereocenters. The van der Waals surface area contributed by atoms with E-state index in [9.17, 15) is 0 Å². The SMILES string of the molecule is Cc1cc(C(C)(C)C)c(C)c(C)n1.Cc1ccc(C(C)(C)C)c(C)c1C.Cc1ccc(C(C)(C)C)cn1. The smallest absolute Gasteiger partial charge is 0.0407 e. The van der Waals surface area contributed by atoms with Crippen LogP contribution in [0, 0.1) is 48.5 Å². The molecule has 37 heavy (non-hydrogen) atoms. The number of hydrogen-bond donors (Lipinski definition) is 0. The molecule has 2 heterocycles. The van der Waals surface area contributed by atoms with Gasteiger partial charge in [0, 0.05) is 23.3 Å². The molecule has 0 saturated carbocycles. The van der Waals surface area contributed by atoms with Crippen LogP contribution >= 0.6 is 0 Å². The quantitative estimate of drug-likeness (QED) is 0.305. The minimum Gasteiger partial charge on any atom is -0.261 e. The molecule has 0 fully saturated rings. The fourth-order valence-corrected chi connectivity index (χ4v) is 4.35. The normalized spacial score (nSPS) is 11.8. The molecule has 0 aliphatic heterocycles. The molecule has 204 valence electrons. The lowest BCUT2D eigenvalue weighted by Crippen LogP contribution is -2.14. The number of aromatic nitrogens is 2. The molecular weight excluding hydrogens is 448 g/mol. The molecule has 0 spiro atoms. The molecule has 0 aliphatic rings. The van der Waals surface area contributed by atoms with Crippen molar-refractivity contribution in [1.82, 2.24) is 9.97 Å². The summed E-state index contributed by atoms with van der Waals surface area (Å²) in [6.07, 6.45) is 1.95. The Bertz CT molecular complexity index is 1160. The largest absolute Gasteiger partial charge is 0.261 e. The maximum absolute atomic E-state index is 4.45. The first kappa shape index (κ1) is 32.5. The number of benzene rings is 1. The van der Waals surface area contributed by atoms with Crippen molar-refractivity contribution in [2.75, 3.05) is 0 Å². The molecule has 2 heteroatoms. The predicted molar refractivity (Wildman–Crippen MR) is 164 cm³/mol. The van der Waals surface area contributed by atoms with Gasteiger partial charge in [-0.2, -0.15) is 0 Å². The van der Waals surface area contributed by atoms with Crippen molar-refractivity contribution in [2.45, 2.75) is 127 Å². The lowest BCUT2D eigenvalue weighted by molar-refractivity contribution is 0.583. The van der Waals surface area contributed by atoms with Crippen LogP contribution in [0.2, 0.25) is 0 Å². The van der Waals surface area contributed by atoms with Gasteiger partial charge >= 0.3 is 0 Å². The first-order valence-electron chi connectivity index (χ1n) is 13.6. The summed E-state index contributed by atoms with van der Waals surface area (Å²) in [6.45, 7) is 35.0. The van der Waals surface area contributed by atoms with Crippen molar-refractivity contribution >= 4 is 0 Å². The molecule has 1 aromatic carbocycles. The predicted octanol–water partition coefficient (Wildman–Crippen LogP) is 9.90. The third kappa shape index (κ3) is 9.72. The van der Waals surface area contributed by atoms with E-state index in [0.29, 0.717) is 0 Å². The summed E-state index contributed by atoms with van der Waals surface area (Å²) in [6, 6.07) is 10.9. The Morgan fingerprint density at radius 1 is 0.514 bits per heavy atom. The van der Waals surface area contributed by atoms with E-state index in [2.05, 4.69) is 144 Å². The van der Waals surface area contributed by atoms with E-state index in [1.807, 2.05) is 13.1 Å². The minimum atomic E-state index is 0.223. The molecule has 3 rings (SSSR count). The van der Waals surface area contributed by atoms with Crippen LogP contribution < -0.4 is 0 Å². The Kier molecular flexibility index (Phi) is 10.9. The van der Waals surface area contributed by atoms with Gasteiger partial charge in [0.05, 0.1) is 0 Å². The summed E-state index contributed by atoms with van der Waals surface area (Å²) in [7, 11) is 0. The van der Waals surface area contributed by atoms with E-state index >= 15 is 0 Å². The van der Waals surface area contributed by atoms with E-state index in [0.717, 1.165) is 17.1 Å². The number of aryl methyl sites for hydroxylation is 4. The van der Waals surface area contributed by atoms with Crippen molar-refractivity contribution in [1.29, 1.82) is 0 Å². The van der Waals surface area contributed by atoms with Crippen molar-refractivity contribution in [3.8, 4) is 0 Å². The molecule has 0 aliphatic carbocycles. The Labute approximate surface area is 229 Å². The second-order valence-electron chi connectivity index (χ2n) is 13.6. The molecule has 0 N–H and O–H groups in total. The highest BCUT2D eigenvalue weighted by Gasteiger charge is 2.18. The molecule has 0 amide bonds. The summed E-state index contributed by atoms with van der Waals surface area (Å²) in [4.78, 5) is 8.69. The zero-order chi connectivity index (χ0) is 28.9. The van der Waals surface area contributed by atoms with Gasteiger partial charge < -0.3 is 0 Å². The van der Waals surface area contributed by atoms with Gasteiger partial charge in [0.1, 0.15) is 0 Å². The number of nitrogens with zero attached hydrogens (tertiary/aromatic N) is 2. The van der Waals surface area contributed by atoms with Crippen LogP contribution in [0.25, 0.3) is 0 Å². The number of hydrogen-bond acceptors (Lipinski definition) is 2. The minimum absolute atomic E-state index is 0.223. The highest BCUT2D eigenvalue weighted by molar-refractivity contribution is 5.42. The van der Waals surface area contributed by atoms with Gasteiger partial charge in [0.2, 0.25) is 0 Å². The molecular formula is C35H54N2. The molecule has 2 nitrogen and oxygen atoms in total. The molecule has 0 radical (unpaired) electrons. The third-order valence-corrected chi connectivity index (χ3v) is 7.10. The molecule has 0 atom stereocenters. The monoisotopic (exact) mass is 502 g/mol. The van der Waals surface area contributed by atoms with Crippen LogP contribution in [0.15, 0.2) is 36.5 Å². The van der Waals surface area contributed by atoms with E-state index in [4.69, 9.17) is 0 Å². The van der Waals surface area contributed by atoms with Gasteiger partial charge in [-0.25, -0.2) is 0 Å². The van der Waals surface area contributed by atoms with Gasteiger partial charge in [0.25, 0.3) is 0 Å². The number of rotatable bonds is 0. The molecule has 2 aromatic heterocycles.